The zero-order valence-corrected chi connectivity index (χ0v) is 10.9. The van der Waals surface area contributed by atoms with Gasteiger partial charge in [-0.1, -0.05) is 6.42 Å². The molecule has 1 N–H and O–H groups in total. The molecule has 1 rings (SSSR count). The van der Waals surface area contributed by atoms with E-state index >= 15 is 0 Å². The molecule has 0 aliphatic heterocycles. The SMILES string of the molecule is COCCOCCCC1(C(=O)O)CCCCC1=O. The molecule has 0 saturated heterocycles. The fourth-order valence-electron chi connectivity index (χ4n) is 2.41. The van der Waals surface area contributed by atoms with Crippen molar-refractivity contribution in [3.8, 4) is 0 Å². The third-order valence-electron chi connectivity index (χ3n) is 3.52. The Morgan fingerprint density at radius 1 is 1.33 bits per heavy atom. The number of methoxy groups -OCH3 is 1. The fraction of sp³-hybridized carbons (Fsp3) is 0.846. The Labute approximate surface area is 107 Å². The molecular formula is C13H22O5. The minimum atomic E-state index is -1.15. The van der Waals surface area contributed by atoms with E-state index in [0.717, 1.165) is 12.8 Å². The van der Waals surface area contributed by atoms with Gasteiger partial charge in [-0.2, -0.15) is 0 Å². The van der Waals surface area contributed by atoms with Crippen LogP contribution in [-0.4, -0.2) is 43.8 Å². The second kappa shape index (κ2) is 7.48. The van der Waals surface area contributed by atoms with E-state index in [0.29, 0.717) is 45.5 Å². The largest absolute Gasteiger partial charge is 0.480 e. The molecule has 1 unspecified atom stereocenters. The van der Waals surface area contributed by atoms with Crippen LogP contribution >= 0.6 is 0 Å². The lowest BCUT2D eigenvalue weighted by Gasteiger charge is -2.31. The molecule has 0 radical (unpaired) electrons. The van der Waals surface area contributed by atoms with Crippen LogP contribution < -0.4 is 0 Å². The first-order chi connectivity index (χ1) is 8.63. The Kier molecular flexibility index (Phi) is 6.29. The molecule has 0 heterocycles. The minimum Gasteiger partial charge on any atom is -0.480 e. The highest BCUT2D eigenvalue weighted by Gasteiger charge is 2.45. The van der Waals surface area contributed by atoms with E-state index in [-0.39, 0.29) is 5.78 Å². The summed E-state index contributed by atoms with van der Waals surface area (Å²) < 4.78 is 10.1. The van der Waals surface area contributed by atoms with Crippen molar-refractivity contribution in [1.29, 1.82) is 0 Å². The van der Waals surface area contributed by atoms with Crippen molar-refractivity contribution in [1.82, 2.24) is 0 Å². The molecule has 0 aromatic rings. The van der Waals surface area contributed by atoms with Gasteiger partial charge < -0.3 is 14.6 Å². The third kappa shape index (κ3) is 3.78. The highest BCUT2D eigenvalue weighted by Crippen LogP contribution is 2.37. The zero-order chi connectivity index (χ0) is 13.4. The maximum atomic E-state index is 11.9. The highest BCUT2D eigenvalue weighted by molar-refractivity contribution is 6.03. The van der Waals surface area contributed by atoms with E-state index in [1.54, 1.807) is 7.11 Å². The Bertz CT molecular complexity index is 289. The van der Waals surface area contributed by atoms with Crippen LogP contribution in [0.2, 0.25) is 0 Å². The molecule has 0 amide bonds. The van der Waals surface area contributed by atoms with Crippen LogP contribution in [0.25, 0.3) is 0 Å². The Hall–Kier alpha value is -0.940. The molecule has 1 atom stereocenters. The lowest BCUT2D eigenvalue weighted by molar-refractivity contribution is -0.158. The summed E-state index contributed by atoms with van der Waals surface area (Å²) in [5, 5.41) is 9.32. The molecule has 0 bridgehead atoms. The summed E-state index contributed by atoms with van der Waals surface area (Å²) >= 11 is 0. The zero-order valence-electron chi connectivity index (χ0n) is 10.9. The average molecular weight is 258 g/mol. The standard InChI is InChI=1S/C13H22O5/c1-17-9-10-18-8-4-7-13(12(15)16)6-3-2-5-11(13)14/h2-10H2,1H3,(H,15,16). The van der Waals surface area contributed by atoms with Gasteiger partial charge in [-0.25, -0.2) is 0 Å². The number of ether oxygens (including phenoxy) is 2. The number of Topliss-reactive ketones (excluding diaryl/α,β-unsaturated/α-hetero) is 1. The van der Waals surface area contributed by atoms with Gasteiger partial charge in [0, 0.05) is 20.1 Å². The third-order valence-corrected chi connectivity index (χ3v) is 3.52. The number of carbonyl (C=O) groups is 2. The summed E-state index contributed by atoms with van der Waals surface area (Å²) in [6.45, 7) is 1.51. The molecule has 0 aromatic heterocycles. The van der Waals surface area contributed by atoms with Crippen LogP contribution in [-0.2, 0) is 19.1 Å². The number of aliphatic carboxylic acids is 1. The number of hydrogen-bond donors (Lipinski definition) is 1. The van der Waals surface area contributed by atoms with Crippen molar-refractivity contribution in [2.45, 2.75) is 38.5 Å². The van der Waals surface area contributed by atoms with Gasteiger partial charge in [0.05, 0.1) is 13.2 Å². The number of carbonyl (C=O) groups excluding carboxylic acids is 1. The van der Waals surface area contributed by atoms with Crippen molar-refractivity contribution in [3.05, 3.63) is 0 Å². The molecular weight excluding hydrogens is 236 g/mol. The minimum absolute atomic E-state index is 0.113. The molecule has 1 aliphatic carbocycles. The lowest BCUT2D eigenvalue weighted by atomic mass is 9.70. The van der Waals surface area contributed by atoms with Gasteiger partial charge in [0.25, 0.3) is 0 Å². The van der Waals surface area contributed by atoms with Gasteiger partial charge >= 0.3 is 5.97 Å². The van der Waals surface area contributed by atoms with E-state index in [1.807, 2.05) is 0 Å². The normalized spacial score (nSPS) is 24.2. The lowest BCUT2D eigenvalue weighted by Crippen LogP contribution is -2.41. The monoisotopic (exact) mass is 258 g/mol. The van der Waals surface area contributed by atoms with Crippen molar-refractivity contribution < 1.29 is 24.2 Å². The quantitative estimate of drug-likeness (QED) is 0.529. The summed E-state index contributed by atoms with van der Waals surface area (Å²) in [5.41, 5.74) is -1.15. The van der Waals surface area contributed by atoms with Gasteiger partial charge in [0.15, 0.2) is 0 Å². The Morgan fingerprint density at radius 2 is 2.11 bits per heavy atom. The average Bonchev–Trinajstić information content (AvgIpc) is 2.35. The summed E-state index contributed by atoms with van der Waals surface area (Å²) in [4.78, 5) is 23.3. The summed E-state index contributed by atoms with van der Waals surface area (Å²) in [5.74, 6) is -1.08. The molecule has 5 heteroatoms. The van der Waals surface area contributed by atoms with Crippen LogP contribution in [0.3, 0.4) is 0 Å². The van der Waals surface area contributed by atoms with Crippen LogP contribution in [0.4, 0.5) is 0 Å². The first-order valence-corrected chi connectivity index (χ1v) is 6.47. The maximum absolute atomic E-state index is 11.9. The smallest absolute Gasteiger partial charge is 0.317 e. The summed E-state index contributed by atoms with van der Waals surface area (Å²) in [7, 11) is 1.60. The predicted octanol–water partition coefficient (Wildman–Crippen LogP) is 1.64. The summed E-state index contributed by atoms with van der Waals surface area (Å²) in [6, 6.07) is 0. The van der Waals surface area contributed by atoms with Crippen molar-refractivity contribution in [3.63, 3.8) is 0 Å². The van der Waals surface area contributed by atoms with Gasteiger partial charge in [-0.05, 0) is 25.7 Å². The number of rotatable bonds is 8. The fourth-order valence-corrected chi connectivity index (χ4v) is 2.41. The van der Waals surface area contributed by atoms with Crippen LogP contribution in [0.15, 0.2) is 0 Å². The van der Waals surface area contributed by atoms with Gasteiger partial charge in [0.1, 0.15) is 11.2 Å². The maximum Gasteiger partial charge on any atom is 0.317 e. The Morgan fingerprint density at radius 3 is 2.72 bits per heavy atom. The molecule has 1 aliphatic rings. The van der Waals surface area contributed by atoms with E-state index < -0.39 is 11.4 Å². The number of carboxylic acid groups (broad SMARTS) is 1. The Balaban J connectivity index is 2.39. The first kappa shape index (κ1) is 15.1. The molecule has 0 aromatic carbocycles. The van der Waals surface area contributed by atoms with Crippen molar-refractivity contribution in [2.24, 2.45) is 5.41 Å². The molecule has 0 spiro atoms. The summed E-state index contributed by atoms with van der Waals surface area (Å²) in [6.07, 6.45) is 3.49. The number of carboxylic acids is 1. The van der Waals surface area contributed by atoms with Gasteiger partial charge in [0.2, 0.25) is 0 Å². The number of hydrogen-bond acceptors (Lipinski definition) is 4. The van der Waals surface area contributed by atoms with E-state index in [2.05, 4.69) is 0 Å². The first-order valence-electron chi connectivity index (χ1n) is 6.47. The van der Waals surface area contributed by atoms with Crippen LogP contribution in [0.1, 0.15) is 38.5 Å². The predicted molar refractivity (Wildman–Crippen MR) is 65.5 cm³/mol. The number of ketones is 1. The highest BCUT2D eigenvalue weighted by atomic mass is 16.5. The molecule has 104 valence electrons. The van der Waals surface area contributed by atoms with E-state index in [9.17, 15) is 14.7 Å². The molecule has 1 saturated carbocycles. The van der Waals surface area contributed by atoms with Crippen molar-refractivity contribution in [2.75, 3.05) is 26.9 Å². The second-order valence-corrected chi connectivity index (χ2v) is 4.73. The molecule has 1 fully saturated rings. The van der Waals surface area contributed by atoms with Crippen molar-refractivity contribution >= 4 is 11.8 Å². The van der Waals surface area contributed by atoms with Crippen LogP contribution in [0.5, 0.6) is 0 Å². The van der Waals surface area contributed by atoms with Gasteiger partial charge in [-0.15, -0.1) is 0 Å². The second-order valence-electron chi connectivity index (χ2n) is 4.73. The molecule has 5 nitrogen and oxygen atoms in total. The van der Waals surface area contributed by atoms with E-state index in [4.69, 9.17) is 9.47 Å². The van der Waals surface area contributed by atoms with Gasteiger partial charge in [-0.3, -0.25) is 9.59 Å². The van der Waals surface area contributed by atoms with E-state index in [1.165, 1.54) is 0 Å². The topological polar surface area (TPSA) is 72.8 Å². The molecule has 18 heavy (non-hydrogen) atoms. The van der Waals surface area contributed by atoms with Crippen LogP contribution in [0, 0.1) is 5.41 Å².